The third kappa shape index (κ3) is 4.17. The summed E-state index contributed by atoms with van der Waals surface area (Å²) in [6.45, 7) is 3.10. The summed E-state index contributed by atoms with van der Waals surface area (Å²) in [7, 11) is 0. The van der Waals surface area contributed by atoms with Crippen molar-refractivity contribution >= 4 is 11.3 Å². The Kier molecular flexibility index (Phi) is 5.75. The number of nitrogens with zero attached hydrogens (tertiary/aromatic N) is 1. The third-order valence-corrected chi connectivity index (χ3v) is 3.89. The molecule has 4 heteroatoms. The Hall–Kier alpha value is -1.67. The number of benzene rings is 1. The Bertz CT molecular complexity index is 610. The molecule has 0 saturated heterocycles. The summed E-state index contributed by atoms with van der Waals surface area (Å²) in [6, 6.07) is 7.84. The van der Waals surface area contributed by atoms with Crippen LogP contribution in [0.4, 0.5) is 0 Å². The average molecular weight is 287 g/mol. The van der Waals surface area contributed by atoms with E-state index in [2.05, 4.69) is 16.8 Å². The van der Waals surface area contributed by atoms with Gasteiger partial charge in [0, 0.05) is 16.9 Å². The highest BCUT2D eigenvalue weighted by molar-refractivity contribution is 7.09. The zero-order valence-corrected chi connectivity index (χ0v) is 12.2. The summed E-state index contributed by atoms with van der Waals surface area (Å²) in [5, 5.41) is 8.75. The van der Waals surface area contributed by atoms with E-state index in [9.17, 15) is 0 Å². The van der Waals surface area contributed by atoms with Crippen LogP contribution in [0.1, 0.15) is 21.7 Å². The molecule has 0 spiro atoms. The molecule has 0 bridgehead atoms. The maximum Gasteiger partial charge on any atom is 0.104 e. The smallest absolute Gasteiger partial charge is 0.104 e. The molecule has 0 aliphatic rings. The number of aryl methyl sites for hydroxylation is 1. The van der Waals surface area contributed by atoms with Crippen LogP contribution in [0.15, 0.2) is 29.8 Å². The minimum absolute atomic E-state index is 0.125. The molecule has 20 heavy (non-hydrogen) atoms. The summed E-state index contributed by atoms with van der Waals surface area (Å²) >= 11 is 1.67. The summed E-state index contributed by atoms with van der Waals surface area (Å²) in [5.41, 5.74) is 4.92. The Morgan fingerprint density at radius 2 is 2.20 bits per heavy atom. The molecule has 0 radical (unpaired) electrons. The van der Waals surface area contributed by atoms with Crippen molar-refractivity contribution < 1.29 is 9.84 Å². The van der Waals surface area contributed by atoms with Gasteiger partial charge in [0.25, 0.3) is 0 Å². The van der Waals surface area contributed by atoms with Gasteiger partial charge < -0.3 is 9.84 Å². The van der Waals surface area contributed by atoms with Crippen molar-refractivity contribution in [1.29, 1.82) is 0 Å². The average Bonchev–Trinajstić information content (AvgIpc) is 2.88. The molecule has 0 aliphatic heterocycles. The number of aliphatic hydroxyl groups excluding tert-OH is 1. The second-order valence-corrected chi connectivity index (χ2v) is 5.22. The minimum Gasteiger partial charge on any atom is -0.384 e. The van der Waals surface area contributed by atoms with E-state index < -0.39 is 0 Å². The fraction of sp³-hybridized carbons (Fsp3) is 0.312. The second kappa shape index (κ2) is 7.81. The van der Waals surface area contributed by atoms with E-state index in [-0.39, 0.29) is 6.61 Å². The van der Waals surface area contributed by atoms with Crippen molar-refractivity contribution in [3.63, 3.8) is 0 Å². The molecule has 0 fully saturated rings. The van der Waals surface area contributed by atoms with Gasteiger partial charge in [0.05, 0.1) is 24.4 Å². The molecule has 104 valence electrons. The molecule has 0 atom stereocenters. The van der Waals surface area contributed by atoms with Gasteiger partial charge in [-0.25, -0.2) is 4.98 Å². The molecule has 0 amide bonds. The maximum absolute atomic E-state index is 8.75. The fourth-order valence-corrected chi connectivity index (χ4v) is 2.58. The molecule has 0 saturated carbocycles. The summed E-state index contributed by atoms with van der Waals surface area (Å²) in [5.74, 6) is 5.61. The first-order valence-corrected chi connectivity index (χ1v) is 7.33. The van der Waals surface area contributed by atoms with E-state index in [0.717, 1.165) is 23.2 Å². The van der Waals surface area contributed by atoms with E-state index in [1.54, 1.807) is 11.3 Å². The van der Waals surface area contributed by atoms with Crippen molar-refractivity contribution in [1.82, 2.24) is 4.98 Å². The first kappa shape index (κ1) is 14.7. The van der Waals surface area contributed by atoms with E-state index in [0.29, 0.717) is 13.2 Å². The highest BCUT2D eigenvalue weighted by atomic mass is 32.1. The molecule has 0 aliphatic carbocycles. The van der Waals surface area contributed by atoms with Crippen LogP contribution in [0.3, 0.4) is 0 Å². The summed E-state index contributed by atoms with van der Waals surface area (Å²) < 4.78 is 5.72. The lowest BCUT2D eigenvalue weighted by molar-refractivity contribution is 0.124. The van der Waals surface area contributed by atoms with E-state index in [1.165, 1.54) is 4.88 Å². The normalized spacial score (nSPS) is 10.1. The predicted molar refractivity (Wildman–Crippen MR) is 80.6 cm³/mol. The molecule has 1 heterocycles. The largest absolute Gasteiger partial charge is 0.384 e. The number of ether oxygens (including phenoxy) is 1. The number of aromatic nitrogens is 1. The molecule has 2 rings (SSSR count). The second-order valence-electron chi connectivity index (χ2n) is 4.28. The number of hydrogen-bond acceptors (Lipinski definition) is 4. The van der Waals surface area contributed by atoms with Gasteiger partial charge in [0.1, 0.15) is 6.61 Å². The summed E-state index contributed by atoms with van der Waals surface area (Å²) in [6.07, 6.45) is 0.890. The SMILES string of the molecule is Cc1ncsc1CCOCc1ccccc1C#CCO. The quantitative estimate of drug-likeness (QED) is 0.679. The van der Waals surface area contributed by atoms with Crippen LogP contribution >= 0.6 is 11.3 Å². The summed E-state index contributed by atoms with van der Waals surface area (Å²) in [4.78, 5) is 5.50. The molecule has 0 unspecified atom stereocenters. The maximum atomic E-state index is 8.75. The van der Waals surface area contributed by atoms with E-state index >= 15 is 0 Å². The van der Waals surface area contributed by atoms with E-state index in [1.807, 2.05) is 36.7 Å². The Morgan fingerprint density at radius 3 is 2.95 bits per heavy atom. The van der Waals surface area contributed by atoms with Gasteiger partial charge in [0.2, 0.25) is 0 Å². The van der Waals surface area contributed by atoms with Gasteiger partial charge in [-0.1, -0.05) is 30.0 Å². The highest BCUT2D eigenvalue weighted by Gasteiger charge is 2.02. The number of hydrogen-bond donors (Lipinski definition) is 1. The van der Waals surface area contributed by atoms with Gasteiger partial charge >= 0.3 is 0 Å². The molecule has 3 nitrogen and oxygen atoms in total. The van der Waals surface area contributed by atoms with Crippen molar-refractivity contribution in [2.75, 3.05) is 13.2 Å². The first-order chi connectivity index (χ1) is 9.81. The number of rotatable bonds is 5. The Morgan fingerprint density at radius 1 is 1.35 bits per heavy atom. The highest BCUT2D eigenvalue weighted by Crippen LogP contribution is 2.14. The lowest BCUT2D eigenvalue weighted by atomic mass is 10.1. The van der Waals surface area contributed by atoms with Crippen molar-refractivity contribution in [2.24, 2.45) is 0 Å². The standard InChI is InChI=1S/C16H17NO2S/c1-13-16(20-12-17-13)8-10-19-11-15-6-3-2-5-14(15)7-4-9-18/h2-3,5-6,12,18H,8-11H2,1H3. The fourth-order valence-electron chi connectivity index (χ4n) is 1.82. The topological polar surface area (TPSA) is 42.4 Å². The Balaban J connectivity index is 1.86. The van der Waals surface area contributed by atoms with Gasteiger partial charge in [0.15, 0.2) is 0 Å². The van der Waals surface area contributed by atoms with Gasteiger partial charge in [-0.05, 0) is 18.6 Å². The van der Waals surface area contributed by atoms with Crippen molar-refractivity contribution in [3.8, 4) is 11.8 Å². The zero-order chi connectivity index (χ0) is 14.2. The van der Waals surface area contributed by atoms with Crippen LogP contribution in [-0.2, 0) is 17.8 Å². The lowest BCUT2D eigenvalue weighted by Crippen LogP contribution is -2.00. The van der Waals surface area contributed by atoms with Crippen LogP contribution in [0.2, 0.25) is 0 Å². The number of thiazole rings is 1. The van der Waals surface area contributed by atoms with Gasteiger partial charge in [-0.3, -0.25) is 0 Å². The van der Waals surface area contributed by atoms with Crippen LogP contribution in [0.25, 0.3) is 0 Å². The first-order valence-electron chi connectivity index (χ1n) is 6.45. The molecule has 2 aromatic rings. The molecule has 1 aromatic carbocycles. The predicted octanol–water partition coefficient (Wildman–Crippen LogP) is 2.55. The van der Waals surface area contributed by atoms with Crippen LogP contribution in [-0.4, -0.2) is 23.3 Å². The molecular formula is C16H17NO2S. The van der Waals surface area contributed by atoms with Crippen LogP contribution in [0, 0.1) is 18.8 Å². The monoisotopic (exact) mass is 287 g/mol. The molecule has 1 aromatic heterocycles. The van der Waals surface area contributed by atoms with Crippen LogP contribution < -0.4 is 0 Å². The lowest BCUT2D eigenvalue weighted by Gasteiger charge is -2.06. The molecule has 1 N–H and O–H groups in total. The zero-order valence-electron chi connectivity index (χ0n) is 11.4. The van der Waals surface area contributed by atoms with Crippen molar-refractivity contribution in [2.45, 2.75) is 20.0 Å². The van der Waals surface area contributed by atoms with E-state index in [4.69, 9.17) is 9.84 Å². The van der Waals surface area contributed by atoms with Crippen LogP contribution in [0.5, 0.6) is 0 Å². The van der Waals surface area contributed by atoms with Gasteiger partial charge in [-0.2, -0.15) is 0 Å². The molecular weight excluding hydrogens is 270 g/mol. The number of aliphatic hydroxyl groups is 1. The minimum atomic E-state index is -0.125. The van der Waals surface area contributed by atoms with Crippen molar-refractivity contribution in [3.05, 3.63) is 51.5 Å². The Labute approximate surface area is 123 Å². The third-order valence-electron chi connectivity index (χ3n) is 2.90. The van der Waals surface area contributed by atoms with Gasteiger partial charge in [-0.15, -0.1) is 11.3 Å².